The van der Waals surface area contributed by atoms with Crippen LogP contribution in [0.15, 0.2) is 109 Å². The molecule has 0 aromatic heterocycles. The molecule has 0 atom stereocenters. The SMILES string of the molecule is Cc1ccc([O][Hf]([CH2]c2ccccc2)([CH2]c2ccccc2)[O]c2ccc(C)cc2)cc1. The van der Waals surface area contributed by atoms with Crippen molar-refractivity contribution in [2.24, 2.45) is 0 Å². The van der Waals surface area contributed by atoms with Gasteiger partial charge in [-0.25, -0.2) is 0 Å². The molecule has 156 valence electrons. The summed E-state index contributed by atoms with van der Waals surface area (Å²) in [6, 6.07) is 37.9. The van der Waals surface area contributed by atoms with Crippen molar-refractivity contribution in [3.63, 3.8) is 0 Å². The van der Waals surface area contributed by atoms with Crippen molar-refractivity contribution in [1.29, 1.82) is 0 Å². The Morgan fingerprint density at radius 2 is 0.839 bits per heavy atom. The molecule has 2 nitrogen and oxygen atoms in total. The van der Waals surface area contributed by atoms with E-state index in [1.165, 1.54) is 22.3 Å². The van der Waals surface area contributed by atoms with Crippen LogP contribution in [0.3, 0.4) is 0 Å². The number of hydrogen-bond donors (Lipinski definition) is 0. The first kappa shape index (κ1) is 21.6. The van der Waals surface area contributed by atoms with E-state index in [1.54, 1.807) is 0 Å². The van der Waals surface area contributed by atoms with Crippen molar-refractivity contribution in [3.05, 3.63) is 131 Å². The third-order valence-corrected chi connectivity index (χ3v) is 16.5. The second kappa shape index (κ2) is 10.1. The summed E-state index contributed by atoms with van der Waals surface area (Å²) in [5.74, 6) is 1.79. The van der Waals surface area contributed by atoms with Gasteiger partial charge < -0.3 is 0 Å². The fourth-order valence-corrected chi connectivity index (χ4v) is 15.5. The molecule has 0 N–H and O–H groups in total. The second-order valence-electron chi connectivity index (χ2n) is 8.07. The monoisotopic (exact) mass is 576 g/mol. The molecule has 3 heteroatoms. The van der Waals surface area contributed by atoms with Gasteiger partial charge in [0.25, 0.3) is 0 Å². The van der Waals surface area contributed by atoms with Crippen LogP contribution < -0.4 is 5.71 Å². The summed E-state index contributed by atoms with van der Waals surface area (Å²) in [6.07, 6.45) is 0. The van der Waals surface area contributed by atoms with Crippen LogP contribution in [-0.2, 0) is 29.2 Å². The van der Waals surface area contributed by atoms with E-state index in [-0.39, 0.29) is 0 Å². The molecule has 0 radical (unpaired) electrons. The number of benzene rings is 4. The Hall–Kier alpha value is -2.65. The van der Waals surface area contributed by atoms with Gasteiger partial charge in [-0.2, -0.15) is 0 Å². The quantitative estimate of drug-likeness (QED) is 0.208. The van der Waals surface area contributed by atoms with E-state index in [0.717, 1.165) is 19.9 Å². The van der Waals surface area contributed by atoms with Crippen molar-refractivity contribution in [2.45, 2.75) is 22.2 Å². The molecule has 0 bridgehead atoms. The standard InChI is InChI=1S/2C7H8O.2C7H7.Hf/c2*1-6-2-4-7(8)5-3-6;2*1-7-5-3-2-4-6-7;/h2*2-5,8H,1H3;2*2-6H,1H2;/q;;;;+2/p-2. The minimum absolute atomic E-state index is 0.838. The summed E-state index contributed by atoms with van der Waals surface area (Å²) in [4.78, 5) is 0. The zero-order valence-electron chi connectivity index (χ0n) is 18.1. The molecule has 0 spiro atoms. The van der Waals surface area contributed by atoms with E-state index in [9.17, 15) is 0 Å². The summed E-state index contributed by atoms with van der Waals surface area (Å²) < 4.78 is 15.5. The van der Waals surface area contributed by atoms with E-state index in [0.29, 0.717) is 0 Å². The van der Waals surface area contributed by atoms with Crippen molar-refractivity contribution in [1.82, 2.24) is 0 Å². The van der Waals surface area contributed by atoms with E-state index in [1.807, 2.05) is 0 Å². The summed E-state index contributed by atoms with van der Waals surface area (Å²) >= 11 is -3.93. The molecule has 0 aliphatic carbocycles. The van der Waals surface area contributed by atoms with E-state index in [2.05, 4.69) is 123 Å². The van der Waals surface area contributed by atoms with Gasteiger partial charge in [0.15, 0.2) is 0 Å². The van der Waals surface area contributed by atoms with Crippen LogP contribution in [0.5, 0.6) is 11.5 Å². The van der Waals surface area contributed by atoms with Gasteiger partial charge in [-0.05, 0) is 0 Å². The Bertz CT molecular complexity index is 984. The van der Waals surface area contributed by atoms with Crippen LogP contribution >= 0.6 is 0 Å². The topological polar surface area (TPSA) is 18.5 Å². The fraction of sp³-hybridized carbons (Fsp3) is 0.143. The zero-order valence-corrected chi connectivity index (χ0v) is 21.7. The molecule has 0 unspecified atom stereocenters. The average molecular weight is 575 g/mol. The Morgan fingerprint density at radius 3 is 1.19 bits per heavy atom. The van der Waals surface area contributed by atoms with Gasteiger partial charge >= 0.3 is 192 Å². The number of hydrogen-bond acceptors (Lipinski definition) is 2. The molecule has 0 saturated carbocycles. The third kappa shape index (κ3) is 6.18. The van der Waals surface area contributed by atoms with Crippen LogP contribution in [0.1, 0.15) is 22.3 Å². The molecule has 0 aliphatic rings. The molecule has 0 saturated heterocycles. The van der Waals surface area contributed by atoms with Gasteiger partial charge in [0.1, 0.15) is 0 Å². The van der Waals surface area contributed by atoms with Crippen LogP contribution in [0.4, 0.5) is 0 Å². The fourth-order valence-electron chi connectivity index (χ4n) is 3.68. The maximum absolute atomic E-state index is 6.90. The van der Waals surface area contributed by atoms with Gasteiger partial charge in [0.05, 0.1) is 0 Å². The Labute approximate surface area is 191 Å². The van der Waals surface area contributed by atoms with Crippen molar-refractivity contribution < 1.29 is 26.6 Å². The first-order valence-electron chi connectivity index (χ1n) is 10.7. The van der Waals surface area contributed by atoms with Crippen molar-refractivity contribution in [2.75, 3.05) is 0 Å². The van der Waals surface area contributed by atoms with E-state index < -0.39 is 20.8 Å². The van der Waals surface area contributed by atoms with Crippen LogP contribution in [-0.4, -0.2) is 0 Å². The van der Waals surface area contributed by atoms with E-state index in [4.69, 9.17) is 5.71 Å². The summed E-state index contributed by atoms with van der Waals surface area (Å²) in [5, 5.41) is 0. The van der Waals surface area contributed by atoms with Gasteiger partial charge in [0, 0.05) is 0 Å². The minimum atomic E-state index is -3.93. The molecule has 0 fully saturated rings. The molecule has 4 aromatic rings. The van der Waals surface area contributed by atoms with Crippen molar-refractivity contribution >= 4 is 0 Å². The van der Waals surface area contributed by atoms with Crippen LogP contribution in [0.2, 0.25) is 0 Å². The molecule has 0 amide bonds. The predicted molar refractivity (Wildman–Crippen MR) is 124 cm³/mol. The Morgan fingerprint density at radius 1 is 0.484 bits per heavy atom. The van der Waals surface area contributed by atoms with Gasteiger partial charge in [0.2, 0.25) is 0 Å². The zero-order chi connectivity index (χ0) is 21.5. The van der Waals surface area contributed by atoms with Crippen LogP contribution in [0.25, 0.3) is 0 Å². The first-order valence-corrected chi connectivity index (χ1v) is 18.7. The summed E-state index contributed by atoms with van der Waals surface area (Å²) in [7, 11) is 0. The molecule has 31 heavy (non-hydrogen) atoms. The Kier molecular flexibility index (Phi) is 7.03. The third-order valence-electron chi connectivity index (χ3n) is 5.28. The van der Waals surface area contributed by atoms with Crippen molar-refractivity contribution in [3.8, 4) is 11.5 Å². The van der Waals surface area contributed by atoms with E-state index >= 15 is 0 Å². The maximum atomic E-state index is 6.90. The molecular formula is C28H28HfO2. The van der Waals surface area contributed by atoms with Gasteiger partial charge in [-0.1, -0.05) is 0 Å². The second-order valence-corrected chi connectivity index (χ2v) is 18.6. The predicted octanol–water partition coefficient (Wildman–Crippen LogP) is 7.15. The summed E-state index contributed by atoms with van der Waals surface area (Å²) in [6.45, 7) is 4.19. The molecule has 4 aromatic carbocycles. The Balaban J connectivity index is 1.76. The average Bonchev–Trinajstić information content (AvgIpc) is 2.78. The number of aryl methyl sites for hydroxylation is 2. The van der Waals surface area contributed by atoms with Gasteiger partial charge in [-0.3, -0.25) is 0 Å². The van der Waals surface area contributed by atoms with Gasteiger partial charge in [-0.15, -0.1) is 0 Å². The molecule has 0 heterocycles. The normalized spacial score (nSPS) is 11.2. The van der Waals surface area contributed by atoms with Crippen LogP contribution in [0, 0.1) is 13.8 Å². The molecule has 4 rings (SSSR count). The molecule has 0 aliphatic heterocycles. The summed E-state index contributed by atoms with van der Waals surface area (Å²) in [5.41, 5.74) is 4.97. The molecular weight excluding hydrogens is 547 g/mol. The first-order chi connectivity index (χ1) is 15.1. The number of rotatable bonds is 8.